The number of nitrogens with one attached hydrogen (secondary N) is 2. The summed E-state index contributed by atoms with van der Waals surface area (Å²) in [5.41, 5.74) is 0.771. The van der Waals surface area contributed by atoms with E-state index in [1.807, 2.05) is 6.07 Å². The maximum Gasteiger partial charge on any atom is 0.417 e. The summed E-state index contributed by atoms with van der Waals surface area (Å²) in [5.74, 6) is -0.820. The molecule has 6 aliphatic heterocycles. The molecule has 2 N–H and O–H groups in total. The molecule has 5 saturated heterocycles. The van der Waals surface area contributed by atoms with Gasteiger partial charge >= 0.3 is 6.18 Å². The van der Waals surface area contributed by atoms with Crippen LogP contribution in [0.1, 0.15) is 83.2 Å². The summed E-state index contributed by atoms with van der Waals surface area (Å²) in [5, 5.41) is 14.2. The fourth-order valence-electron chi connectivity index (χ4n) is 10.2. The van der Waals surface area contributed by atoms with Crippen LogP contribution < -0.4 is 25.3 Å². The van der Waals surface area contributed by atoms with Gasteiger partial charge in [0.05, 0.1) is 40.7 Å². The van der Waals surface area contributed by atoms with E-state index < -0.39 is 47.0 Å². The summed E-state index contributed by atoms with van der Waals surface area (Å²) in [7, 11) is 0. The van der Waals surface area contributed by atoms with Gasteiger partial charge in [-0.05, 0) is 92.7 Å². The number of nitrogens with zero attached hydrogens (tertiary/aromatic N) is 8. The van der Waals surface area contributed by atoms with Crippen LogP contribution in [0.25, 0.3) is 0 Å². The van der Waals surface area contributed by atoms with E-state index in [0.29, 0.717) is 48.9 Å². The zero-order valence-electron chi connectivity index (χ0n) is 34.1. The van der Waals surface area contributed by atoms with Crippen LogP contribution in [0.2, 0.25) is 0 Å². The topological polar surface area (TPSA) is 175 Å². The molecule has 18 heteroatoms. The lowest BCUT2D eigenvalue weighted by atomic mass is 9.71. The van der Waals surface area contributed by atoms with Crippen molar-refractivity contribution in [1.82, 2.24) is 25.1 Å². The van der Waals surface area contributed by atoms with Gasteiger partial charge < -0.3 is 24.9 Å². The van der Waals surface area contributed by atoms with Crippen molar-refractivity contribution >= 4 is 52.5 Å². The summed E-state index contributed by atoms with van der Waals surface area (Å²) in [6.45, 7) is 7.43. The molecule has 324 valence electrons. The Hall–Kier alpha value is -6.09. The van der Waals surface area contributed by atoms with Gasteiger partial charge in [0.2, 0.25) is 17.7 Å². The van der Waals surface area contributed by atoms with Gasteiger partial charge in [0.1, 0.15) is 11.9 Å². The molecule has 5 amide bonds. The molecule has 0 radical (unpaired) electrons. The normalized spacial score (nSPS) is 22.4. The molecule has 3 aromatic rings. The SMILES string of the molecule is N#Cc1ccc(N2CCC(C(=O)Nc3cnc(N4CCC(CN5CC6(CCN(c7ccc8c(c7)C(=O)N(C7CCC(=O)NC7=O)C8=O)CC6)C5)CC4)cn3)CC2)cc1C(F)(F)F. The average Bonchev–Trinajstić information content (AvgIpc) is 3.51. The fraction of sp³-hybridized carbons (Fsp3) is 0.500. The number of hydrogen-bond acceptors (Lipinski definition) is 12. The lowest BCUT2D eigenvalue weighted by molar-refractivity contribution is -0.138. The van der Waals surface area contributed by atoms with Crippen LogP contribution in [0.5, 0.6) is 0 Å². The Morgan fingerprint density at radius 3 is 2.15 bits per heavy atom. The molecule has 2 aromatic carbocycles. The third-order valence-corrected chi connectivity index (χ3v) is 13.7. The van der Waals surface area contributed by atoms with Crippen LogP contribution in [-0.4, -0.2) is 114 Å². The van der Waals surface area contributed by atoms with E-state index in [2.05, 4.69) is 35.3 Å². The molecular formula is C44H47F3N10O5. The molecule has 5 fully saturated rings. The van der Waals surface area contributed by atoms with E-state index >= 15 is 0 Å². The first kappa shape index (κ1) is 41.3. The van der Waals surface area contributed by atoms with Crippen molar-refractivity contribution in [1.29, 1.82) is 5.26 Å². The minimum atomic E-state index is -4.63. The van der Waals surface area contributed by atoms with E-state index in [9.17, 15) is 37.1 Å². The van der Waals surface area contributed by atoms with E-state index in [-0.39, 0.29) is 35.6 Å². The van der Waals surface area contributed by atoms with Crippen LogP contribution in [0.15, 0.2) is 48.8 Å². The fourth-order valence-corrected chi connectivity index (χ4v) is 10.2. The van der Waals surface area contributed by atoms with Gasteiger partial charge in [-0.1, -0.05) is 0 Å². The highest BCUT2D eigenvalue weighted by Gasteiger charge is 2.47. The van der Waals surface area contributed by atoms with Gasteiger partial charge in [0.25, 0.3) is 11.8 Å². The van der Waals surface area contributed by atoms with Crippen LogP contribution >= 0.6 is 0 Å². The maximum absolute atomic E-state index is 13.5. The molecule has 0 bridgehead atoms. The summed E-state index contributed by atoms with van der Waals surface area (Å²) in [4.78, 5) is 82.6. The molecule has 1 spiro atoms. The number of amides is 5. The molecule has 6 aliphatic rings. The van der Waals surface area contributed by atoms with Gasteiger partial charge in [-0.15, -0.1) is 0 Å². The summed E-state index contributed by atoms with van der Waals surface area (Å²) in [6.07, 6.45) is 3.92. The number of likely N-dealkylation sites (tertiary alicyclic amines) is 1. The first-order valence-electron chi connectivity index (χ1n) is 21.3. The van der Waals surface area contributed by atoms with Gasteiger partial charge in [-0.3, -0.25) is 34.2 Å². The quantitative estimate of drug-likeness (QED) is 0.306. The van der Waals surface area contributed by atoms with Crippen molar-refractivity contribution in [2.45, 2.75) is 63.6 Å². The van der Waals surface area contributed by atoms with E-state index in [1.165, 1.54) is 12.1 Å². The standard InChI is InChI=1S/C44H47F3N10O5/c45-44(46,47)34-20-31(2-1-29(34)21-48)54-15-9-28(10-16-54)39(59)51-36-22-50-37(23-49-36)56-13-7-27(8-14-56)24-53-25-43(26-53)11-17-55(18-12-43)30-3-4-32-33(19-30)42(62)57(41(32)61)35-5-6-38(58)52-40(35)60/h1-4,19-20,22-23,27-28,35H,5-18,24-26H2,(H,49,51,59)(H,52,58,60). The second-order valence-electron chi connectivity index (χ2n) is 17.6. The number of halogens is 3. The van der Waals surface area contributed by atoms with Crippen molar-refractivity contribution in [3.05, 3.63) is 71.0 Å². The number of hydrogen-bond donors (Lipinski definition) is 2. The minimum Gasteiger partial charge on any atom is -0.371 e. The summed E-state index contributed by atoms with van der Waals surface area (Å²) in [6, 6.07) is 9.67. The van der Waals surface area contributed by atoms with Crippen LogP contribution in [-0.2, 0) is 20.6 Å². The first-order chi connectivity index (χ1) is 29.8. The zero-order valence-corrected chi connectivity index (χ0v) is 34.1. The molecule has 0 saturated carbocycles. The molecule has 0 aliphatic carbocycles. The summed E-state index contributed by atoms with van der Waals surface area (Å²) < 4.78 is 40.4. The van der Waals surface area contributed by atoms with Crippen molar-refractivity contribution < 1.29 is 37.1 Å². The van der Waals surface area contributed by atoms with Crippen molar-refractivity contribution in [3.8, 4) is 6.07 Å². The Balaban J connectivity index is 0.690. The van der Waals surface area contributed by atoms with Gasteiger partial charge in [-0.25, -0.2) is 9.97 Å². The van der Waals surface area contributed by atoms with Gasteiger partial charge in [0.15, 0.2) is 5.82 Å². The van der Waals surface area contributed by atoms with Crippen LogP contribution in [0.4, 0.5) is 36.2 Å². The number of benzene rings is 2. The monoisotopic (exact) mass is 852 g/mol. The lowest BCUT2D eigenvalue weighted by Gasteiger charge is -2.55. The number of piperidine rings is 4. The molecule has 1 atom stereocenters. The van der Waals surface area contributed by atoms with Crippen LogP contribution in [0.3, 0.4) is 0 Å². The number of rotatable bonds is 8. The molecule has 7 heterocycles. The van der Waals surface area contributed by atoms with E-state index in [0.717, 1.165) is 94.0 Å². The smallest absolute Gasteiger partial charge is 0.371 e. The number of anilines is 4. The number of alkyl halides is 3. The first-order valence-corrected chi connectivity index (χ1v) is 21.3. The number of imide groups is 2. The van der Waals surface area contributed by atoms with Crippen molar-refractivity contribution in [3.63, 3.8) is 0 Å². The number of carbonyl (C=O) groups excluding carboxylic acids is 5. The molecule has 15 nitrogen and oxygen atoms in total. The molecular weight excluding hydrogens is 806 g/mol. The lowest BCUT2D eigenvalue weighted by Crippen LogP contribution is -2.61. The Bertz CT molecular complexity index is 2320. The predicted octanol–water partition coefficient (Wildman–Crippen LogP) is 4.44. The number of fused-ring (bicyclic) bond motifs is 1. The van der Waals surface area contributed by atoms with E-state index in [1.54, 1.807) is 35.5 Å². The molecule has 1 unspecified atom stereocenters. The Morgan fingerprint density at radius 1 is 0.823 bits per heavy atom. The largest absolute Gasteiger partial charge is 0.417 e. The highest BCUT2D eigenvalue weighted by Crippen LogP contribution is 2.43. The van der Waals surface area contributed by atoms with Crippen LogP contribution in [0, 0.1) is 28.6 Å². The second-order valence-corrected chi connectivity index (χ2v) is 17.6. The summed E-state index contributed by atoms with van der Waals surface area (Å²) >= 11 is 0. The maximum atomic E-state index is 13.5. The highest BCUT2D eigenvalue weighted by atomic mass is 19.4. The Morgan fingerprint density at radius 2 is 1.48 bits per heavy atom. The Kier molecular flexibility index (Phi) is 10.9. The van der Waals surface area contributed by atoms with Gasteiger partial charge in [-0.2, -0.15) is 18.4 Å². The van der Waals surface area contributed by atoms with Gasteiger partial charge in [0, 0.05) is 82.6 Å². The highest BCUT2D eigenvalue weighted by molar-refractivity contribution is 6.23. The third kappa shape index (κ3) is 8.05. The number of aromatic nitrogens is 2. The second kappa shape index (κ2) is 16.3. The molecule has 9 rings (SSSR count). The predicted molar refractivity (Wildman–Crippen MR) is 220 cm³/mol. The zero-order chi connectivity index (χ0) is 43.3. The average molecular weight is 853 g/mol. The van der Waals surface area contributed by atoms with Crippen molar-refractivity contribution in [2.75, 3.05) is 78.9 Å². The van der Waals surface area contributed by atoms with Crippen molar-refractivity contribution in [2.24, 2.45) is 17.3 Å². The third-order valence-electron chi connectivity index (χ3n) is 13.7. The minimum absolute atomic E-state index is 0.0832. The molecule has 1 aromatic heterocycles. The Labute approximate surface area is 356 Å². The molecule has 62 heavy (non-hydrogen) atoms. The number of carbonyl (C=O) groups is 5. The van der Waals surface area contributed by atoms with E-state index in [4.69, 9.17) is 5.26 Å². The number of nitriles is 1.